The van der Waals surface area contributed by atoms with Gasteiger partial charge in [-0.25, -0.2) is 0 Å². The average molecular weight is 291 g/mol. The van der Waals surface area contributed by atoms with Gasteiger partial charge in [-0.1, -0.05) is 37.1 Å². The Hall–Kier alpha value is -2.07. The molecule has 3 aromatic rings. The van der Waals surface area contributed by atoms with E-state index < -0.39 is 4.92 Å². The number of aryl methyl sites for hydroxylation is 1. The summed E-state index contributed by atoms with van der Waals surface area (Å²) in [4.78, 5) is 13.9. The van der Waals surface area contributed by atoms with Crippen LogP contribution in [-0.2, 0) is 0 Å². The lowest BCUT2D eigenvalue weighted by Crippen LogP contribution is -1.90. The van der Waals surface area contributed by atoms with Crippen LogP contribution in [0.15, 0.2) is 30.3 Å². The molecular weight excluding hydrogens is 276 g/mol. The molecule has 0 saturated carbocycles. The highest BCUT2D eigenvalue weighted by Gasteiger charge is 2.20. The predicted molar refractivity (Wildman–Crippen MR) is 83.6 cm³/mol. The summed E-state index contributed by atoms with van der Waals surface area (Å²) in [6, 6.07) is 9.12. The number of fused-ring (bicyclic) bond motifs is 3. The predicted octanol–water partition coefficient (Wildman–Crippen LogP) is 5.22. The zero-order chi connectivity index (χ0) is 14.9. The molecule has 104 valence electrons. The maximum atomic E-state index is 11.2. The largest absolute Gasteiger partial charge is 0.354 e. The first kappa shape index (κ1) is 14.3. The van der Waals surface area contributed by atoms with Crippen LogP contribution in [-0.4, -0.2) is 9.91 Å². The quantitative estimate of drug-likeness (QED) is 0.493. The van der Waals surface area contributed by atoms with E-state index in [4.69, 9.17) is 11.6 Å². The Morgan fingerprint density at radius 2 is 1.80 bits per heavy atom. The minimum Gasteiger partial charge on any atom is -0.354 e. The molecule has 0 fully saturated rings. The maximum Gasteiger partial charge on any atom is 0.297 e. The molecular formula is C15H15ClN2O2. The van der Waals surface area contributed by atoms with E-state index in [0.717, 1.165) is 22.0 Å². The molecule has 1 heterocycles. The van der Waals surface area contributed by atoms with Crippen molar-refractivity contribution in [3.8, 4) is 0 Å². The number of aromatic amines is 1. The highest BCUT2D eigenvalue weighted by Crippen LogP contribution is 2.38. The Kier molecular flexibility index (Phi) is 3.95. The van der Waals surface area contributed by atoms with Gasteiger partial charge in [0.05, 0.1) is 15.8 Å². The van der Waals surface area contributed by atoms with Crippen LogP contribution in [0.2, 0.25) is 5.02 Å². The monoisotopic (exact) mass is 290 g/mol. The van der Waals surface area contributed by atoms with Crippen LogP contribution in [0.5, 0.6) is 0 Å². The fourth-order valence-electron chi connectivity index (χ4n) is 2.24. The van der Waals surface area contributed by atoms with Gasteiger partial charge < -0.3 is 4.98 Å². The third kappa shape index (κ3) is 2.23. The van der Waals surface area contributed by atoms with Crippen LogP contribution in [0.4, 0.5) is 5.69 Å². The fourth-order valence-corrected chi connectivity index (χ4v) is 2.47. The van der Waals surface area contributed by atoms with Gasteiger partial charge in [0, 0.05) is 10.9 Å². The lowest BCUT2D eigenvalue weighted by Gasteiger charge is -1.98. The number of rotatable bonds is 1. The van der Waals surface area contributed by atoms with E-state index in [1.54, 1.807) is 12.1 Å². The number of halogens is 1. The number of nitrogens with one attached hydrogen (secondary N) is 1. The SMILES string of the molecule is CC.Cc1ccc2[nH]c3ccc(Cl)c([N+](=O)[O-])c3c2c1. The van der Waals surface area contributed by atoms with Gasteiger partial charge in [0.15, 0.2) is 0 Å². The first-order valence-corrected chi connectivity index (χ1v) is 6.80. The molecule has 0 spiro atoms. The number of nitrogens with zero attached hydrogens (tertiary/aromatic N) is 1. The number of hydrogen-bond acceptors (Lipinski definition) is 2. The summed E-state index contributed by atoms with van der Waals surface area (Å²) in [5.74, 6) is 0. The molecule has 0 bridgehead atoms. The van der Waals surface area contributed by atoms with Crippen molar-refractivity contribution in [3.05, 3.63) is 51.0 Å². The fraction of sp³-hybridized carbons (Fsp3) is 0.200. The van der Waals surface area contributed by atoms with Gasteiger partial charge in [-0.15, -0.1) is 0 Å². The molecule has 5 heteroatoms. The summed E-state index contributed by atoms with van der Waals surface area (Å²) in [6.45, 7) is 5.95. The van der Waals surface area contributed by atoms with Gasteiger partial charge in [0.25, 0.3) is 5.69 Å². The number of H-pyrrole nitrogens is 1. The topological polar surface area (TPSA) is 58.9 Å². The minimum absolute atomic E-state index is 0.0361. The molecule has 0 aliphatic rings. The van der Waals surface area contributed by atoms with Crippen LogP contribution in [0.25, 0.3) is 21.8 Å². The van der Waals surface area contributed by atoms with E-state index in [0.29, 0.717) is 5.39 Å². The number of benzene rings is 2. The third-order valence-electron chi connectivity index (χ3n) is 3.03. The van der Waals surface area contributed by atoms with Crippen molar-refractivity contribution in [3.63, 3.8) is 0 Å². The zero-order valence-electron chi connectivity index (χ0n) is 11.5. The van der Waals surface area contributed by atoms with E-state index in [1.165, 1.54) is 0 Å². The second-order valence-corrected chi connectivity index (χ2v) is 4.66. The summed E-state index contributed by atoms with van der Waals surface area (Å²) in [5.41, 5.74) is 2.62. The molecule has 4 nitrogen and oxygen atoms in total. The zero-order valence-corrected chi connectivity index (χ0v) is 12.3. The molecule has 0 saturated heterocycles. The lowest BCUT2D eigenvalue weighted by atomic mass is 10.1. The molecule has 0 atom stereocenters. The number of hydrogen-bond donors (Lipinski definition) is 1. The van der Waals surface area contributed by atoms with Gasteiger partial charge >= 0.3 is 0 Å². The Labute approximate surface area is 121 Å². The maximum absolute atomic E-state index is 11.2. The standard InChI is InChI=1S/C13H9ClN2O2.C2H6/c1-7-2-4-10-8(6-7)12-11(15-10)5-3-9(14)13(12)16(17)18;1-2/h2-6,15H,1H3;1-2H3. The molecule has 0 amide bonds. The number of nitro benzene ring substituents is 1. The first-order chi connectivity index (χ1) is 9.58. The molecule has 1 N–H and O–H groups in total. The average Bonchev–Trinajstić information content (AvgIpc) is 2.78. The van der Waals surface area contributed by atoms with Crippen LogP contribution >= 0.6 is 11.6 Å². The Morgan fingerprint density at radius 3 is 2.45 bits per heavy atom. The normalized spacial score (nSPS) is 10.4. The summed E-state index contributed by atoms with van der Waals surface area (Å²) < 4.78 is 0. The van der Waals surface area contributed by atoms with E-state index in [1.807, 2.05) is 39.0 Å². The van der Waals surface area contributed by atoms with Gasteiger partial charge in [-0.05, 0) is 31.2 Å². The minimum atomic E-state index is -0.430. The second kappa shape index (κ2) is 5.51. The molecule has 20 heavy (non-hydrogen) atoms. The molecule has 1 aromatic heterocycles. The van der Waals surface area contributed by atoms with Crippen molar-refractivity contribution in [2.24, 2.45) is 0 Å². The first-order valence-electron chi connectivity index (χ1n) is 6.43. The highest BCUT2D eigenvalue weighted by atomic mass is 35.5. The van der Waals surface area contributed by atoms with E-state index in [2.05, 4.69) is 4.98 Å². The van der Waals surface area contributed by atoms with Crippen molar-refractivity contribution in [2.75, 3.05) is 0 Å². The molecule has 0 unspecified atom stereocenters. The van der Waals surface area contributed by atoms with Crippen LogP contribution in [0.1, 0.15) is 19.4 Å². The van der Waals surface area contributed by atoms with Crippen molar-refractivity contribution < 1.29 is 4.92 Å². The molecule has 0 aliphatic carbocycles. The van der Waals surface area contributed by atoms with Gasteiger partial charge in [-0.2, -0.15) is 0 Å². The van der Waals surface area contributed by atoms with E-state index >= 15 is 0 Å². The van der Waals surface area contributed by atoms with Crippen LogP contribution in [0, 0.1) is 17.0 Å². The highest BCUT2D eigenvalue weighted by molar-refractivity contribution is 6.35. The van der Waals surface area contributed by atoms with Crippen molar-refractivity contribution in [1.82, 2.24) is 4.98 Å². The van der Waals surface area contributed by atoms with Gasteiger partial charge in [0.2, 0.25) is 0 Å². The second-order valence-electron chi connectivity index (χ2n) is 4.25. The molecule has 0 aliphatic heterocycles. The van der Waals surface area contributed by atoms with Crippen molar-refractivity contribution in [2.45, 2.75) is 20.8 Å². The van der Waals surface area contributed by atoms with Crippen molar-refractivity contribution >= 4 is 39.1 Å². The van der Waals surface area contributed by atoms with E-state index in [9.17, 15) is 10.1 Å². The Bertz CT molecular complexity index is 793. The van der Waals surface area contributed by atoms with E-state index in [-0.39, 0.29) is 10.7 Å². The Morgan fingerprint density at radius 1 is 1.15 bits per heavy atom. The Balaban J connectivity index is 0.000000704. The van der Waals surface area contributed by atoms with Crippen LogP contribution in [0.3, 0.4) is 0 Å². The van der Waals surface area contributed by atoms with Crippen molar-refractivity contribution in [1.29, 1.82) is 0 Å². The van der Waals surface area contributed by atoms with Gasteiger partial charge in [0.1, 0.15) is 5.02 Å². The molecule has 0 radical (unpaired) electrons. The van der Waals surface area contributed by atoms with Crippen LogP contribution < -0.4 is 0 Å². The summed E-state index contributed by atoms with van der Waals surface area (Å²) in [6.07, 6.45) is 0. The summed E-state index contributed by atoms with van der Waals surface area (Å²) in [7, 11) is 0. The number of aromatic nitrogens is 1. The summed E-state index contributed by atoms with van der Waals surface area (Å²) >= 11 is 5.94. The smallest absolute Gasteiger partial charge is 0.297 e. The number of nitro groups is 1. The molecule has 2 aromatic carbocycles. The van der Waals surface area contributed by atoms with Gasteiger partial charge in [-0.3, -0.25) is 10.1 Å². The lowest BCUT2D eigenvalue weighted by molar-refractivity contribution is -0.382. The summed E-state index contributed by atoms with van der Waals surface area (Å²) in [5, 5.41) is 12.7. The third-order valence-corrected chi connectivity index (χ3v) is 3.33. The molecule has 3 rings (SSSR count).